The van der Waals surface area contributed by atoms with Crippen molar-refractivity contribution in [2.45, 2.75) is 11.8 Å². The molecule has 1 fully saturated rings. The average Bonchev–Trinajstić information content (AvgIpc) is 2.56. The maximum Gasteiger partial charge on any atom is 0.399 e. The van der Waals surface area contributed by atoms with E-state index in [1.54, 1.807) is 36.7 Å². The van der Waals surface area contributed by atoms with Gasteiger partial charge in [0.15, 0.2) is 12.4 Å². The number of pyridine rings is 1. The molecule has 124 valence electrons. The Kier molecular flexibility index (Phi) is 5.62. The molecule has 3 rings (SSSR count). The summed E-state index contributed by atoms with van der Waals surface area (Å²) in [7, 11) is -3.53. The van der Waals surface area contributed by atoms with Crippen LogP contribution in [0.1, 0.15) is 5.56 Å². The van der Waals surface area contributed by atoms with Crippen molar-refractivity contribution in [3.8, 4) is 0 Å². The van der Waals surface area contributed by atoms with Gasteiger partial charge in [-0.05, 0) is 19.1 Å². The minimum Gasteiger partial charge on any atom is -1.00 e. The number of halogens is 1. The minimum absolute atomic E-state index is 0. The first-order valence-electron chi connectivity index (χ1n) is 7.24. The second kappa shape index (κ2) is 7.29. The minimum atomic E-state index is -3.53. The molecule has 1 aliphatic heterocycles. The van der Waals surface area contributed by atoms with Crippen LogP contribution in [0.5, 0.6) is 0 Å². The van der Waals surface area contributed by atoms with Crippen molar-refractivity contribution in [3.63, 3.8) is 0 Å². The Morgan fingerprint density at radius 1 is 1.00 bits per heavy atom. The number of anilines is 1. The van der Waals surface area contributed by atoms with E-state index >= 15 is 0 Å². The van der Waals surface area contributed by atoms with E-state index in [0.29, 0.717) is 18.1 Å². The van der Waals surface area contributed by atoms with Crippen LogP contribution in [0.2, 0.25) is 0 Å². The van der Waals surface area contributed by atoms with Crippen molar-refractivity contribution < 1.29 is 29.5 Å². The number of hydrogen-bond acceptors (Lipinski definition) is 4. The second-order valence-electron chi connectivity index (χ2n) is 5.30. The highest BCUT2D eigenvalue weighted by molar-refractivity contribution is 7.85. The fraction of sp³-hybridized carbons (Fsp3) is 0.312. The highest BCUT2D eigenvalue weighted by Gasteiger charge is 2.25. The summed E-state index contributed by atoms with van der Waals surface area (Å²) in [5, 5.41) is 0. The molecule has 0 spiro atoms. The van der Waals surface area contributed by atoms with Crippen LogP contribution in [0.4, 0.5) is 5.69 Å². The molecule has 0 bridgehead atoms. The Hall–Kier alpha value is -1.63. The third kappa shape index (κ3) is 3.83. The number of aryl methyl sites for hydroxylation is 1. The first kappa shape index (κ1) is 17.7. The molecule has 1 aromatic heterocycles. The van der Waals surface area contributed by atoms with Gasteiger partial charge in [-0.15, -0.1) is 0 Å². The first-order valence-corrected chi connectivity index (χ1v) is 8.68. The molecule has 5 nitrogen and oxygen atoms in total. The molecule has 1 aromatic carbocycles. The monoisotopic (exact) mass is 354 g/mol. The van der Waals surface area contributed by atoms with Crippen LogP contribution < -0.4 is 21.3 Å². The zero-order chi connectivity index (χ0) is 15.6. The predicted octanol–water partition coefficient (Wildman–Crippen LogP) is -1.64. The van der Waals surface area contributed by atoms with Crippen LogP contribution >= 0.6 is 0 Å². The summed E-state index contributed by atoms with van der Waals surface area (Å²) in [6.07, 6.45) is 3.19. The third-order valence-corrected chi connectivity index (χ3v) is 5.42. The predicted molar refractivity (Wildman–Crippen MR) is 83.4 cm³/mol. The summed E-state index contributed by atoms with van der Waals surface area (Å²) < 4.78 is 31.7. The number of benzene rings is 1. The highest BCUT2D eigenvalue weighted by atomic mass is 35.5. The van der Waals surface area contributed by atoms with Crippen LogP contribution in [0, 0.1) is 6.92 Å². The van der Waals surface area contributed by atoms with Crippen molar-refractivity contribution in [2.24, 2.45) is 0 Å². The molecule has 0 radical (unpaired) electrons. The molecular weight excluding hydrogens is 336 g/mol. The van der Waals surface area contributed by atoms with Gasteiger partial charge in [-0.3, -0.25) is 0 Å². The molecule has 2 aromatic rings. The highest BCUT2D eigenvalue weighted by Crippen LogP contribution is 2.15. The molecule has 0 saturated carbocycles. The van der Waals surface area contributed by atoms with E-state index < -0.39 is 10.0 Å². The Morgan fingerprint density at radius 3 is 2.13 bits per heavy atom. The maximum absolute atomic E-state index is 12.6. The normalized spacial score (nSPS) is 15.1. The Labute approximate surface area is 143 Å². The van der Waals surface area contributed by atoms with Crippen LogP contribution in [0.15, 0.2) is 53.7 Å². The Bertz CT molecular complexity index is 740. The lowest BCUT2D eigenvalue weighted by atomic mass is 10.2. The van der Waals surface area contributed by atoms with E-state index in [1.807, 2.05) is 19.1 Å². The average molecular weight is 355 g/mol. The molecule has 1 aliphatic rings. The smallest absolute Gasteiger partial charge is 0.399 e. The Balaban J connectivity index is 0.00000192. The van der Waals surface area contributed by atoms with E-state index in [9.17, 15) is 8.42 Å². The lowest BCUT2D eigenvalue weighted by Gasteiger charge is -2.28. The van der Waals surface area contributed by atoms with Crippen molar-refractivity contribution in [2.75, 3.05) is 31.2 Å². The number of hydrogen-bond donors (Lipinski definition) is 0. The van der Waals surface area contributed by atoms with Gasteiger partial charge < -0.3 is 22.0 Å². The van der Waals surface area contributed by atoms with Gasteiger partial charge in [0, 0.05) is 30.9 Å². The van der Waals surface area contributed by atoms with Crippen molar-refractivity contribution in [3.05, 3.63) is 54.4 Å². The first-order chi connectivity index (χ1) is 10.6. The molecule has 0 amide bonds. The molecule has 0 N–H and O–H groups in total. The van der Waals surface area contributed by atoms with Crippen LogP contribution in [-0.2, 0) is 14.8 Å². The molecule has 1 saturated heterocycles. The lowest BCUT2D eigenvalue weighted by molar-refractivity contribution is -0.511. The molecule has 0 unspecified atom stereocenters. The second-order valence-corrected chi connectivity index (χ2v) is 7.15. The van der Waals surface area contributed by atoms with Gasteiger partial charge in [0.25, 0.3) is 0 Å². The quantitative estimate of drug-likeness (QED) is 0.620. The van der Waals surface area contributed by atoms with E-state index in [2.05, 4.69) is 4.90 Å². The number of nitrogens with zero attached hydrogens (tertiary/aromatic N) is 2. The van der Waals surface area contributed by atoms with Gasteiger partial charge >= 0.3 is 10.0 Å². The number of rotatable bonds is 3. The van der Waals surface area contributed by atoms with E-state index in [4.69, 9.17) is 4.74 Å². The number of ether oxygens (including phenoxy) is 1. The molecular formula is C16H19ClN2O3S. The summed E-state index contributed by atoms with van der Waals surface area (Å²) in [5.41, 5.74) is 2.05. The molecule has 2 heterocycles. The van der Waals surface area contributed by atoms with Gasteiger partial charge in [0.2, 0.25) is 0 Å². The van der Waals surface area contributed by atoms with E-state index in [0.717, 1.165) is 24.3 Å². The summed E-state index contributed by atoms with van der Waals surface area (Å²) in [5.74, 6) is 0. The largest absolute Gasteiger partial charge is 1.00 e. The molecule has 0 atom stereocenters. The molecule has 7 heteroatoms. The zero-order valence-corrected chi connectivity index (χ0v) is 14.4. The van der Waals surface area contributed by atoms with Gasteiger partial charge in [0.1, 0.15) is 4.90 Å². The van der Waals surface area contributed by atoms with Gasteiger partial charge in [-0.1, -0.05) is 21.7 Å². The fourth-order valence-electron chi connectivity index (χ4n) is 2.43. The van der Waals surface area contributed by atoms with Crippen LogP contribution in [-0.4, -0.2) is 34.7 Å². The summed E-state index contributed by atoms with van der Waals surface area (Å²) in [6, 6.07) is 10.5. The van der Waals surface area contributed by atoms with Crippen LogP contribution in [0.25, 0.3) is 0 Å². The van der Waals surface area contributed by atoms with E-state index in [1.165, 1.54) is 3.97 Å². The fourth-order valence-corrected chi connectivity index (χ4v) is 3.60. The number of aromatic nitrogens is 1. The van der Waals surface area contributed by atoms with Gasteiger partial charge in [-0.2, -0.15) is 8.42 Å². The van der Waals surface area contributed by atoms with Crippen LogP contribution in [0.3, 0.4) is 0 Å². The summed E-state index contributed by atoms with van der Waals surface area (Å²) in [4.78, 5) is 2.48. The van der Waals surface area contributed by atoms with E-state index in [-0.39, 0.29) is 12.4 Å². The van der Waals surface area contributed by atoms with Crippen molar-refractivity contribution >= 4 is 15.7 Å². The van der Waals surface area contributed by atoms with Gasteiger partial charge in [0.05, 0.1) is 13.2 Å². The molecule has 23 heavy (non-hydrogen) atoms. The summed E-state index contributed by atoms with van der Waals surface area (Å²) >= 11 is 0. The number of morpholine rings is 1. The molecule has 0 aliphatic carbocycles. The maximum atomic E-state index is 12.6. The standard InChI is InChI=1S/C16H19N2O3S.ClH/c1-14-2-4-16(5-3-14)22(19,20)18-8-6-15(7-9-18)17-10-12-21-13-11-17;/h2-9H,10-13H2,1H3;1H/q+1;/p-1. The van der Waals surface area contributed by atoms with Gasteiger partial charge in [-0.25, -0.2) is 0 Å². The van der Waals surface area contributed by atoms with Crippen molar-refractivity contribution in [1.29, 1.82) is 0 Å². The zero-order valence-electron chi connectivity index (χ0n) is 12.9. The van der Waals surface area contributed by atoms with Crippen molar-refractivity contribution in [1.82, 2.24) is 0 Å². The summed E-state index contributed by atoms with van der Waals surface area (Å²) in [6.45, 7) is 5.00. The lowest BCUT2D eigenvalue weighted by Crippen LogP contribution is -3.00. The SMILES string of the molecule is Cc1ccc(S(=O)(=O)[n+]2ccc(N3CCOCC3)cc2)cc1.[Cl-]. The Morgan fingerprint density at radius 2 is 1.57 bits per heavy atom. The third-order valence-electron chi connectivity index (χ3n) is 3.76. The topological polar surface area (TPSA) is 50.5 Å².